The van der Waals surface area contributed by atoms with Crippen LogP contribution >= 0.6 is 23.2 Å². The van der Waals surface area contributed by atoms with Crippen LogP contribution in [0.1, 0.15) is 30.2 Å². The number of rotatable bonds is 2. The maximum absolute atomic E-state index is 6.11. The summed E-state index contributed by atoms with van der Waals surface area (Å²) in [5.41, 5.74) is 3.20. The van der Waals surface area contributed by atoms with Crippen LogP contribution in [0.2, 0.25) is 10.0 Å². The maximum atomic E-state index is 6.11. The fourth-order valence-corrected chi connectivity index (χ4v) is 3.62. The molecule has 2 aliphatic heterocycles. The standard InChI is InChI=1S/C15H15Cl2N3O/c16-9-6-10(17)8-11(7-9)20-15-12(3-4-18-15)14(19-20)13-2-1-5-21-13/h6-8,13,18H,1-5H2. The lowest BCUT2D eigenvalue weighted by atomic mass is 10.1. The fraction of sp³-hybridized carbons (Fsp3) is 0.400. The van der Waals surface area contributed by atoms with Gasteiger partial charge in [-0.25, -0.2) is 4.68 Å². The number of fused-ring (bicyclic) bond motifs is 1. The van der Waals surface area contributed by atoms with Gasteiger partial charge in [-0.1, -0.05) is 23.2 Å². The molecular weight excluding hydrogens is 309 g/mol. The molecule has 2 aromatic rings. The molecule has 1 N–H and O–H groups in total. The van der Waals surface area contributed by atoms with Crippen LogP contribution in [0, 0.1) is 0 Å². The van der Waals surface area contributed by atoms with Crippen molar-refractivity contribution >= 4 is 29.0 Å². The molecule has 0 saturated carbocycles. The number of halogens is 2. The van der Waals surface area contributed by atoms with E-state index in [4.69, 9.17) is 33.0 Å². The SMILES string of the molecule is Clc1cc(Cl)cc(-n2nc(C3CCCO3)c3c2NCC3)c1. The summed E-state index contributed by atoms with van der Waals surface area (Å²) in [7, 11) is 0. The average molecular weight is 324 g/mol. The molecule has 3 heterocycles. The van der Waals surface area contributed by atoms with E-state index in [9.17, 15) is 0 Å². The molecule has 0 aliphatic carbocycles. The quantitative estimate of drug-likeness (QED) is 0.907. The van der Waals surface area contributed by atoms with E-state index >= 15 is 0 Å². The second-order valence-electron chi connectivity index (χ2n) is 5.43. The molecule has 110 valence electrons. The molecule has 1 fully saturated rings. The minimum atomic E-state index is 0.120. The van der Waals surface area contributed by atoms with Crippen molar-refractivity contribution in [3.63, 3.8) is 0 Å². The highest BCUT2D eigenvalue weighted by Gasteiger charge is 2.30. The Morgan fingerprint density at radius 1 is 1.24 bits per heavy atom. The van der Waals surface area contributed by atoms with Gasteiger partial charge in [0.2, 0.25) is 0 Å². The van der Waals surface area contributed by atoms with Crippen LogP contribution in [0.15, 0.2) is 18.2 Å². The number of benzene rings is 1. The van der Waals surface area contributed by atoms with Gasteiger partial charge in [0.25, 0.3) is 0 Å². The summed E-state index contributed by atoms with van der Waals surface area (Å²) in [6.07, 6.45) is 3.25. The number of anilines is 1. The third-order valence-electron chi connectivity index (χ3n) is 4.01. The number of hydrogen-bond acceptors (Lipinski definition) is 3. The molecule has 0 bridgehead atoms. The first-order chi connectivity index (χ1) is 10.2. The molecule has 6 heteroatoms. The predicted octanol–water partition coefficient (Wildman–Crippen LogP) is 4.00. The summed E-state index contributed by atoms with van der Waals surface area (Å²) in [5, 5.41) is 9.41. The number of ether oxygens (including phenoxy) is 1. The van der Waals surface area contributed by atoms with Crippen LogP contribution in [0.3, 0.4) is 0 Å². The molecule has 1 unspecified atom stereocenters. The molecule has 2 aliphatic rings. The van der Waals surface area contributed by atoms with E-state index in [0.717, 1.165) is 49.6 Å². The van der Waals surface area contributed by atoms with Gasteiger partial charge in [0.1, 0.15) is 11.9 Å². The van der Waals surface area contributed by atoms with Gasteiger partial charge in [0.05, 0.1) is 11.4 Å². The van der Waals surface area contributed by atoms with Crippen LogP contribution in [0.25, 0.3) is 5.69 Å². The monoisotopic (exact) mass is 323 g/mol. The number of nitrogens with zero attached hydrogens (tertiary/aromatic N) is 2. The van der Waals surface area contributed by atoms with Crippen molar-refractivity contribution in [3.05, 3.63) is 39.5 Å². The van der Waals surface area contributed by atoms with E-state index < -0.39 is 0 Å². The van der Waals surface area contributed by atoms with Gasteiger partial charge in [0.15, 0.2) is 0 Å². The number of aromatic nitrogens is 2. The third-order valence-corrected chi connectivity index (χ3v) is 4.45. The lowest BCUT2D eigenvalue weighted by Crippen LogP contribution is -2.06. The lowest BCUT2D eigenvalue weighted by Gasteiger charge is -2.09. The van der Waals surface area contributed by atoms with Crippen molar-refractivity contribution in [2.75, 3.05) is 18.5 Å². The van der Waals surface area contributed by atoms with E-state index in [2.05, 4.69) is 5.32 Å². The molecule has 4 nitrogen and oxygen atoms in total. The van der Waals surface area contributed by atoms with Crippen molar-refractivity contribution in [2.24, 2.45) is 0 Å². The number of hydrogen-bond donors (Lipinski definition) is 1. The van der Waals surface area contributed by atoms with E-state index in [1.807, 2.05) is 16.8 Å². The van der Waals surface area contributed by atoms with E-state index in [0.29, 0.717) is 10.0 Å². The molecule has 21 heavy (non-hydrogen) atoms. The van der Waals surface area contributed by atoms with Crippen LogP contribution in [-0.2, 0) is 11.2 Å². The van der Waals surface area contributed by atoms with Crippen LogP contribution in [-0.4, -0.2) is 22.9 Å². The van der Waals surface area contributed by atoms with Crippen molar-refractivity contribution in [2.45, 2.75) is 25.4 Å². The predicted molar refractivity (Wildman–Crippen MR) is 83.7 cm³/mol. The topological polar surface area (TPSA) is 39.1 Å². The zero-order valence-corrected chi connectivity index (χ0v) is 12.9. The van der Waals surface area contributed by atoms with Gasteiger partial charge in [-0.2, -0.15) is 5.10 Å². The summed E-state index contributed by atoms with van der Waals surface area (Å²) in [6, 6.07) is 5.48. The van der Waals surface area contributed by atoms with E-state index in [-0.39, 0.29) is 6.10 Å². The average Bonchev–Trinajstić information content (AvgIpc) is 3.14. The molecule has 1 aromatic heterocycles. The maximum Gasteiger partial charge on any atom is 0.133 e. The Kier molecular flexibility index (Phi) is 3.32. The van der Waals surface area contributed by atoms with Gasteiger partial charge in [-0.15, -0.1) is 0 Å². The summed E-state index contributed by atoms with van der Waals surface area (Å²) in [4.78, 5) is 0. The lowest BCUT2D eigenvalue weighted by molar-refractivity contribution is 0.107. The second kappa shape index (κ2) is 5.20. The Labute approximate surface area is 133 Å². The molecule has 0 amide bonds. The zero-order chi connectivity index (χ0) is 14.4. The van der Waals surface area contributed by atoms with Gasteiger partial charge < -0.3 is 10.1 Å². The minimum Gasteiger partial charge on any atom is -0.372 e. The van der Waals surface area contributed by atoms with Gasteiger partial charge in [-0.3, -0.25) is 0 Å². The smallest absolute Gasteiger partial charge is 0.133 e. The van der Waals surface area contributed by atoms with Crippen LogP contribution in [0.4, 0.5) is 5.82 Å². The van der Waals surface area contributed by atoms with Crippen molar-refractivity contribution in [1.29, 1.82) is 0 Å². The number of nitrogens with one attached hydrogen (secondary N) is 1. The highest BCUT2D eigenvalue weighted by molar-refractivity contribution is 6.34. The molecular formula is C15H15Cl2N3O. The van der Waals surface area contributed by atoms with Gasteiger partial charge >= 0.3 is 0 Å². The Morgan fingerprint density at radius 3 is 2.76 bits per heavy atom. The first kappa shape index (κ1) is 13.4. The van der Waals surface area contributed by atoms with E-state index in [1.165, 1.54) is 5.56 Å². The summed E-state index contributed by atoms with van der Waals surface area (Å²) < 4.78 is 7.71. The first-order valence-electron chi connectivity index (χ1n) is 7.16. The minimum absolute atomic E-state index is 0.120. The van der Waals surface area contributed by atoms with Crippen molar-refractivity contribution < 1.29 is 4.74 Å². The molecule has 1 saturated heterocycles. The van der Waals surface area contributed by atoms with Gasteiger partial charge in [-0.05, 0) is 37.5 Å². The molecule has 0 spiro atoms. The normalized spacial score (nSPS) is 20.6. The van der Waals surface area contributed by atoms with E-state index in [1.54, 1.807) is 6.07 Å². The fourth-order valence-electron chi connectivity index (χ4n) is 3.10. The largest absolute Gasteiger partial charge is 0.372 e. The van der Waals surface area contributed by atoms with Crippen LogP contribution in [0.5, 0.6) is 0 Å². The Bertz CT molecular complexity index is 672. The van der Waals surface area contributed by atoms with Crippen molar-refractivity contribution in [1.82, 2.24) is 9.78 Å². The third kappa shape index (κ3) is 2.31. The Morgan fingerprint density at radius 2 is 2.05 bits per heavy atom. The Hall–Kier alpha value is -1.23. The molecule has 0 radical (unpaired) electrons. The molecule has 4 rings (SSSR count). The summed E-state index contributed by atoms with van der Waals surface area (Å²) in [5.74, 6) is 1.04. The molecule has 1 atom stereocenters. The zero-order valence-electron chi connectivity index (χ0n) is 11.4. The van der Waals surface area contributed by atoms with Gasteiger partial charge in [0, 0.05) is 28.8 Å². The van der Waals surface area contributed by atoms with Crippen molar-refractivity contribution in [3.8, 4) is 5.69 Å². The summed E-state index contributed by atoms with van der Waals surface area (Å²) in [6.45, 7) is 1.75. The first-order valence-corrected chi connectivity index (χ1v) is 7.92. The van der Waals surface area contributed by atoms with Crippen LogP contribution < -0.4 is 5.32 Å². The molecule has 1 aromatic carbocycles. The highest BCUT2D eigenvalue weighted by Crippen LogP contribution is 2.37. The Balaban J connectivity index is 1.83. The second-order valence-corrected chi connectivity index (χ2v) is 6.30. The summed E-state index contributed by atoms with van der Waals surface area (Å²) >= 11 is 12.2. The highest BCUT2D eigenvalue weighted by atomic mass is 35.5.